The molecule has 1 fully saturated rings. The predicted molar refractivity (Wildman–Crippen MR) is 144 cm³/mol. The first-order valence-corrected chi connectivity index (χ1v) is 12.8. The van der Waals surface area contributed by atoms with E-state index in [2.05, 4.69) is 5.32 Å². The molecule has 1 saturated heterocycles. The highest BCUT2D eigenvalue weighted by Gasteiger charge is 2.28. The van der Waals surface area contributed by atoms with Crippen LogP contribution in [0, 0.1) is 5.92 Å². The van der Waals surface area contributed by atoms with Gasteiger partial charge in [-0.2, -0.15) is 0 Å². The van der Waals surface area contributed by atoms with Gasteiger partial charge in [0.1, 0.15) is 11.5 Å². The monoisotopic (exact) mass is 528 g/mol. The number of hydrogen-bond donors (Lipinski definition) is 2. The van der Waals surface area contributed by atoms with Gasteiger partial charge in [0.15, 0.2) is 0 Å². The molecule has 2 N–H and O–H groups in total. The topological polar surface area (TPSA) is 113 Å². The van der Waals surface area contributed by atoms with E-state index in [0.717, 1.165) is 21.4 Å². The Morgan fingerprint density at radius 3 is 2.30 bits per heavy atom. The summed E-state index contributed by atoms with van der Waals surface area (Å²) in [7, 11) is 8.88. The summed E-state index contributed by atoms with van der Waals surface area (Å²) in [6.07, 6.45) is 1.76. The van der Waals surface area contributed by atoms with Crippen molar-refractivity contribution in [1.29, 1.82) is 0 Å². The molecule has 0 radical (unpaired) electrons. The van der Waals surface area contributed by atoms with Crippen molar-refractivity contribution in [2.24, 2.45) is 13.0 Å². The van der Waals surface area contributed by atoms with Crippen molar-refractivity contribution in [3.05, 3.63) is 40.3 Å². The number of ether oxygens (including phenoxy) is 2. The Kier molecular flexibility index (Phi) is 7.74. The van der Waals surface area contributed by atoms with Crippen LogP contribution in [0.3, 0.4) is 0 Å². The van der Waals surface area contributed by atoms with Crippen molar-refractivity contribution < 1.29 is 24.2 Å². The maximum atomic E-state index is 13.0. The number of carbonyl (C=O) groups is 2. The molecule has 0 bridgehead atoms. The molecule has 0 unspecified atom stereocenters. The number of likely N-dealkylation sites (tertiary alicyclic amines) is 1. The molecule has 1 aliphatic heterocycles. The Balaban J connectivity index is 1.70. The molecule has 10 nitrogen and oxygen atoms in total. The summed E-state index contributed by atoms with van der Waals surface area (Å²) in [5, 5.41) is 13.2. The second kappa shape index (κ2) is 10.8. The molecule has 4 rings (SSSR count). The molecule has 198 valence electrons. The van der Waals surface area contributed by atoms with Crippen molar-refractivity contribution in [3.8, 4) is 22.6 Å². The van der Waals surface area contributed by atoms with E-state index in [-0.39, 0.29) is 17.4 Å². The molecule has 3 aromatic rings. The smallest absolute Gasteiger partial charge is 0.407 e. The van der Waals surface area contributed by atoms with Gasteiger partial charge in [-0.05, 0) is 50.7 Å². The third-order valence-electron chi connectivity index (χ3n) is 6.63. The van der Waals surface area contributed by atoms with Gasteiger partial charge in [-0.25, -0.2) is 4.79 Å². The van der Waals surface area contributed by atoms with E-state index in [0.29, 0.717) is 54.4 Å². The Morgan fingerprint density at radius 1 is 1.14 bits per heavy atom. The van der Waals surface area contributed by atoms with Gasteiger partial charge in [-0.1, -0.05) is 0 Å². The van der Waals surface area contributed by atoms with Crippen LogP contribution in [0.4, 0.5) is 9.80 Å². The Hall–Kier alpha value is -3.57. The predicted octanol–water partition coefficient (Wildman–Crippen LogP) is 3.67. The van der Waals surface area contributed by atoms with Gasteiger partial charge in [0, 0.05) is 44.4 Å². The van der Waals surface area contributed by atoms with E-state index in [1.165, 1.54) is 20.8 Å². The van der Waals surface area contributed by atoms with Gasteiger partial charge >= 0.3 is 6.09 Å². The maximum absolute atomic E-state index is 13.0. The van der Waals surface area contributed by atoms with Crippen LogP contribution in [-0.4, -0.2) is 72.9 Å². The number of fused-ring (bicyclic) bond motifs is 1. The zero-order valence-corrected chi connectivity index (χ0v) is 22.5. The molecule has 37 heavy (non-hydrogen) atoms. The Morgan fingerprint density at radius 2 is 1.76 bits per heavy atom. The summed E-state index contributed by atoms with van der Waals surface area (Å²) >= 11 is 1.34. The number of anilines is 1. The second-order valence-electron chi connectivity index (χ2n) is 9.44. The normalized spacial score (nSPS) is 14.3. The summed E-state index contributed by atoms with van der Waals surface area (Å²) in [6, 6.07) is 5.59. The minimum Gasteiger partial charge on any atom is -0.496 e. The molecule has 0 saturated carbocycles. The number of methoxy groups -OCH3 is 2. The van der Waals surface area contributed by atoms with Crippen LogP contribution in [-0.2, 0) is 18.4 Å². The van der Waals surface area contributed by atoms with Gasteiger partial charge in [0.05, 0.1) is 34.9 Å². The summed E-state index contributed by atoms with van der Waals surface area (Å²) < 4.78 is 13.7. The summed E-state index contributed by atoms with van der Waals surface area (Å²) in [5.41, 5.74) is 2.42. The largest absolute Gasteiger partial charge is 0.496 e. The van der Waals surface area contributed by atoms with Gasteiger partial charge in [-0.15, -0.1) is 11.3 Å². The van der Waals surface area contributed by atoms with E-state index in [1.807, 2.05) is 31.1 Å². The summed E-state index contributed by atoms with van der Waals surface area (Å²) in [4.78, 5) is 40.4. The summed E-state index contributed by atoms with van der Waals surface area (Å²) in [6.45, 7) is 1.30. The zero-order valence-electron chi connectivity index (χ0n) is 21.7. The number of carboxylic acid groups (broad SMARTS) is 1. The van der Waals surface area contributed by atoms with E-state index < -0.39 is 6.09 Å². The van der Waals surface area contributed by atoms with Crippen molar-refractivity contribution in [3.63, 3.8) is 0 Å². The SMILES string of the molecule is COc1cc(-c2cn(C)c(=O)c3cc(NC(=O)C4CCN(C(=O)O)CC4)sc23)cc(OC)c1CN(C)C. The van der Waals surface area contributed by atoms with Gasteiger partial charge in [0.25, 0.3) is 5.56 Å². The molecule has 1 aliphatic rings. The Bertz CT molecular complexity index is 1360. The molecule has 1 aromatic carbocycles. The second-order valence-corrected chi connectivity index (χ2v) is 10.5. The van der Waals surface area contributed by atoms with Crippen molar-refractivity contribution in [1.82, 2.24) is 14.4 Å². The standard InChI is InChI=1S/C26H32N4O6S/c1-28(2)13-19-20(35-4)10-16(11-21(19)36-5)18-14-29(3)25(32)17-12-22(37-23(17)18)27-24(31)15-6-8-30(9-7-15)26(33)34/h10-12,14-15H,6-9,13H2,1-5H3,(H,27,31)(H,33,34). The number of aromatic nitrogens is 1. The van der Waals surface area contributed by atoms with Crippen LogP contribution in [0.25, 0.3) is 21.2 Å². The van der Waals surface area contributed by atoms with Crippen LogP contribution in [0.1, 0.15) is 18.4 Å². The number of thiophene rings is 1. The fourth-order valence-corrected chi connectivity index (χ4v) is 5.77. The molecule has 3 heterocycles. The van der Waals surface area contributed by atoms with Crippen LogP contribution in [0.15, 0.2) is 29.2 Å². The molecule has 0 atom stereocenters. The minimum atomic E-state index is -0.963. The number of rotatable bonds is 7. The number of nitrogens with one attached hydrogen (secondary N) is 1. The number of amides is 2. The number of carbonyl (C=O) groups excluding carboxylic acids is 1. The molecule has 2 amide bonds. The molecule has 11 heteroatoms. The van der Waals surface area contributed by atoms with Crippen molar-refractivity contribution in [2.45, 2.75) is 19.4 Å². The first-order chi connectivity index (χ1) is 17.6. The zero-order chi connectivity index (χ0) is 26.9. The fourth-order valence-electron chi connectivity index (χ4n) is 4.69. The lowest BCUT2D eigenvalue weighted by molar-refractivity contribution is -0.121. The lowest BCUT2D eigenvalue weighted by atomic mass is 9.96. The third-order valence-corrected chi connectivity index (χ3v) is 7.71. The number of pyridine rings is 1. The molecular weight excluding hydrogens is 496 g/mol. The van der Waals surface area contributed by atoms with E-state index >= 15 is 0 Å². The number of piperidine rings is 1. The quantitative estimate of drug-likeness (QED) is 0.481. The lowest BCUT2D eigenvalue weighted by Crippen LogP contribution is -2.40. The summed E-state index contributed by atoms with van der Waals surface area (Å²) in [5.74, 6) is 0.929. The average molecular weight is 529 g/mol. The van der Waals surface area contributed by atoms with Gasteiger partial charge < -0.3 is 34.3 Å². The van der Waals surface area contributed by atoms with Crippen LogP contribution in [0.2, 0.25) is 0 Å². The van der Waals surface area contributed by atoms with Crippen LogP contribution < -0.4 is 20.3 Å². The van der Waals surface area contributed by atoms with Crippen molar-refractivity contribution in [2.75, 3.05) is 46.7 Å². The van der Waals surface area contributed by atoms with Crippen molar-refractivity contribution >= 4 is 38.4 Å². The molecule has 2 aromatic heterocycles. The number of benzene rings is 1. The highest BCUT2D eigenvalue weighted by Crippen LogP contribution is 2.41. The first kappa shape index (κ1) is 26.5. The van der Waals surface area contributed by atoms with E-state index in [9.17, 15) is 14.4 Å². The minimum absolute atomic E-state index is 0.159. The highest BCUT2D eigenvalue weighted by molar-refractivity contribution is 7.23. The highest BCUT2D eigenvalue weighted by atomic mass is 32.1. The third kappa shape index (κ3) is 5.42. The van der Waals surface area contributed by atoms with Crippen LogP contribution in [0.5, 0.6) is 11.5 Å². The van der Waals surface area contributed by atoms with Gasteiger partial charge in [-0.3, -0.25) is 9.59 Å². The molecular formula is C26H32N4O6S. The molecule has 0 aliphatic carbocycles. The molecule has 0 spiro atoms. The lowest BCUT2D eigenvalue weighted by Gasteiger charge is -2.28. The maximum Gasteiger partial charge on any atom is 0.407 e. The number of nitrogens with zero attached hydrogens (tertiary/aromatic N) is 3. The first-order valence-electron chi connectivity index (χ1n) is 11.9. The van der Waals surface area contributed by atoms with E-state index in [4.69, 9.17) is 14.6 Å². The van der Waals surface area contributed by atoms with Gasteiger partial charge in [0.2, 0.25) is 5.91 Å². The number of aryl methyl sites for hydroxylation is 1. The van der Waals surface area contributed by atoms with Crippen LogP contribution >= 0.6 is 11.3 Å². The average Bonchev–Trinajstić information content (AvgIpc) is 3.29. The fraction of sp³-hybridized carbons (Fsp3) is 0.423. The Labute approximate surface area is 219 Å². The van der Waals surface area contributed by atoms with E-state index in [1.54, 1.807) is 33.5 Å². The number of hydrogen-bond acceptors (Lipinski definition) is 7.